The molecule has 0 bridgehead atoms. The Morgan fingerprint density at radius 2 is 1.94 bits per heavy atom. The van der Waals surface area contributed by atoms with Gasteiger partial charge in [-0.25, -0.2) is 0 Å². The molecule has 0 amide bonds. The highest BCUT2D eigenvalue weighted by Crippen LogP contribution is 2.18. The third kappa shape index (κ3) is 3.56. The minimum Gasteiger partial charge on any atom is -0.385 e. The molecule has 1 aromatic carbocycles. The lowest BCUT2D eigenvalue weighted by molar-refractivity contribution is 0.659. The maximum atomic E-state index is 8.65. The van der Waals surface area contributed by atoms with Crippen molar-refractivity contribution in [2.24, 2.45) is 0 Å². The molecule has 0 heterocycles. The Hall–Kier alpha value is -1.53. The molecule has 1 aliphatic rings. The normalized spacial score (nSPS) is 14.4. The average molecular weight is 215 g/mol. The van der Waals surface area contributed by atoms with Gasteiger partial charge in [0, 0.05) is 18.3 Å². The Morgan fingerprint density at radius 3 is 2.56 bits per heavy atom. The van der Waals surface area contributed by atoms with Gasteiger partial charge in [0.15, 0.2) is 0 Å². The third-order valence-electron chi connectivity index (χ3n) is 2.71. The molecule has 0 unspecified atom stereocenters. The summed E-state index contributed by atoms with van der Waals surface area (Å²) in [4.78, 5) is 0. The smallest absolute Gasteiger partial charge is 0.0991 e. The molecule has 2 N–H and O–H groups in total. The number of hydrogen-bond donors (Lipinski definition) is 2. The first-order valence-electron chi connectivity index (χ1n) is 5.86. The van der Waals surface area contributed by atoms with Crippen molar-refractivity contribution >= 4 is 5.69 Å². The lowest BCUT2D eigenvalue weighted by Crippen LogP contribution is -2.19. The van der Waals surface area contributed by atoms with Crippen LogP contribution in [-0.4, -0.2) is 19.1 Å². The molecule has 1 aromatic rings. The van der Waals surface area contributed by atoms with Crippen molar-refractivity contribution in [2.75, 3.05) is 18.4 Å². The van der Waals surface area contributed by atoms with Crippen LogP contribution in [0.25, 0.3) is 0 Å². The Bertz CT molecular complexity index is 360. The van der Waals surface area contributed by atoms with Gasteiger partial charge in [-0.15, -0.1) is 0 Å². The zero-order valence-corrected chi connectivity index (χ0v) is 9.37. The molecule has 0 aliphatic heterocycles. The molecule has 84 valence electrons. The van der Waals surface area contributed by atoms with Crippen LogP contribution in [0.1, 0.15) is 24.8 Å². The SMILES string of the molecule is N#Cc1ccc(NCCCNC2CC2)cc1. The monoisotopic (exact) mass is 215 g/mol. The quantitative estimate of drug-likeness (QED) is 0.714. The number of nitrogens with one attached hydrogen (secondary N) is 2. The number of anilines is 1. The van der Waals surface area contributed by atoms with Gasteiger partial charge in [-0.3, -0.25) is 0 Å². The number of nitriles is 1. The van der Waals surface area contributed by atoms with Crippen LogP contribution in [0.15, 0.2) is 24.3 Å². The molecule has 2 rings (SSSR count). The summed E-state index contributed by atoms with van der Waals surface area (Å²) in [5.74, 6) is 0. The zero-order chi connectivity index (χ0) is 11.2. The van der Waals surface area contributed by atoms with E-state index in [4.69, 9.17) is 5.26 Å². The second-order valence-corrected chi connectivity index (χ2v) is 4.20. The maximum Gasteiger partial charge on any atom is 0.0991 e. The summed E-state index contributed by atoms with van der Waals surface area (Å²) in [5.41, 5.74) is 1.80. The Morgan fingerprint density at radius 1 is 1.19 bits per heavy atom. The lowest BCUT2D eigenvalue weighted by Gasteiger charge is -2.06. The molecule has 0 spiro atoms. The molecular formula is C13H17N3. The Labute approximate surface area is 96.5 Å². The van der Waals surface area contributed by atoms with Gasteiger partial charge < -0.3 is 10.6 Å². The van der Waals surface area contributed by atoms with Crippen LogP contribution in [0.3, 0.4) is 0 Å². The van der Waals surface area contributed by atoms with Gasteiger partial charge in [-0.05, 0) is 50.1 Å². The van der Waals surface area contributed by atoms with Gasteiger partial charge in [0.1, 0.15) is 0 Å². The second-order valence-electron chi connectivity index (χ2n) is 4.20. The van der Waals surface area contributed by atoms with Crippen molar-refractivity contribution in [1.29, 1.82) is 5.26 Å². The van der Waals surface area contributed by atoms with Crippen LogP contribution in [-0.2, 0) is 0 Å². The molecule has 16 heavy (non-hydrogen) atoms. The molecule has 1 saturated carbocycles. The maximum absolute atomic E-state index is 8.65. The fourth-order valence-corrected chi connectivity index (χ4v) is 1.58. The van der Waals surface area contributed by atoms with Crippen LogP contribution in [0.2, 0.25) is 0 Å². The summed E-state index contributed by atoms with van der Waals surface area (Å²) in [7, 11) is 0. The van der Waals surface area contributed by atoms with Gasteiger partial charge in [-0.1, -0.05) is 0 Å². The molecule has 0 radical (unpaired) electrons. The summed E-state index contributed by atoms with van der Waals surface area (Å²) in [6.45, 7) is 2.07. The second kappa shape index (κ2) is 5.53. The fourth-order valence-electron chi connectivity index (χ4n) is 1.58. The van der Waals surface area contributed by atoms with Gasteiger partial charge in [0.25, 0.3) is 0 Å². The molecule has 0 atom stereocenters. The van der Waals surface area contributed by atoms with Crippen molar-refractivity contribution in [3.05, 3.63) is 29.8 Å². The Kier molecular flexibility index (Phi) is 3.79. The number of rotatable bonds is 6. The average Bonchev–Trinajstić information content (AvgIpc) is 3.13. The van der Waals surface area contributed by atoms with E-state index in [2.05, 4.69) is 16.7 Å². The standard InChI is InChI=1S/C13H17N3/c14-10-11-2-4-12(5-3-11)15-8-1-9-16-13-6-7-13/h2-5,13,15-16H,1,6-9H2. The first-order valence-corrected chi connectivity index (χ1v) is 5.86. The summed E-state index contributed by atoms with van der Waals surface area (Å²) in [6.07, 6.45) is 3.84. The number of nitrogens with zero attached hydrogens (tertiary/aromatic N) is 1. The predicted molar refractivity (Wildman–Crippen MR) is 65.3 cm³/mol. The van der Waals surface area contributed by atoms with Gasteiger partial charge in [-0.2, -0.15) is 5.26 Å². The van der Waals surface area contributed by atoms with Crippen molar-refractivity contribution in [3.8, 4) is 6.07 Å². The van der Waals surface area contributed by atoms with Crippen molar-refractivity contribution in [2.45, 2.75) is 25.3 Å². The first-order chi connectivity index (χ1) is 7.88. The zero-order valence-electron chi connectivity index (χ0n) is 9.37. The lowest BCUT2D eigenvalue weighted by atomic mass is 10.2. The van der Waals surface area contributed by atoms with Gasteiger partial charge >= 0.3 is 0 Å². The van der Waals surface area contributed by atoms with Gasteiger partial charge in [0.05, 0.1) is 11.6 Å². The molecule has 1 fully saturated rings. The topological polar surface area (TPSA) is 47.9 Å². The summed E-state index contributed by atoms with van der Waals surface area (Å²) in [5, 5.41) is 15.5. The van der Waals surface area contributed by atoms with E-state index in [-0.39, 0.29) is 0 Å². The van der Waals surface area contributed by atoms with Gasteiger partial charge in [0.2, 0.25) is 0 Å². The molecule has 1 aliphatic carbocycles. The van der Waals surface area contributed by atoms with E-state index in [9.17, 15) is 0 Å². The van der Waals surface area contributed by atoms with Crippen LogP contribution in [0.5, 0.6) is 0 Å². The van der Waals surface area contributed by atoms with E-state index in [0.29, 0.717) is 5.56 Å². The third-order valence-corrected chi connectivity index (χ3v) is 2.71. The molecular weight excluding hydrogens is 198 g/mol. The molecule has 3 heteroatoms. The minimum atomic E-state index is 0.709. The minimum absolute atomic E-state index is 0.709. The van der Waals surface area contributed by atoms with Crippen LogP contribution < -0.4 is 10.6 Å². The van der Waals surface area contributed by atoms with Crippen molar-refractivity contribution in [3.63, 3.8) is 0 Å². The number of hydrogen-bond acceptors (Lipinski definition) is 3. The van der Waals surface area contributed by atoms with E-state index >= 15 is 0 Å². The molecule has 0 aromatic heterocycles. The summed E-state index contributed by atoms with van der Waals surface area (Å²) >= 11 is 0. The number of benzene rings is 1. The van der Waals surface area contributed by atoms with E-state index < -0.39 is 0 Å². The highest BCUT2D eigenvalue weighted by atomic mass is 14.9. The van der Waals surface area contributed by atoms with Crippen LogP contribution in [0, 0.1) is 11.3 Å². The predicted octanol–water partition coefficient (Wildman–Crippen LogP) is 2.11. The van der Waals surface area contributed by atoms with Crippen molar-refractivity contribution < 1.29 is 0 Å². The highest BCUT2D eigenvalue weighted by Gasteiger charge is 2.19. The summed E-state index contributed by atoms with van der Waals surface area (Å²) < 4.78 is 0. The highest BCUT2D eigenvalue weighted by molar-refractivity contribution is 5.46. The molecule has 3 nitrogen and oxygen atoms in total. The summed E-state index contributed by atoms with van der Waals surface area (Å²) in [6, 6.07) is 10.5. The largest absolute Gasteiger partial charge is 0.385 e. The van der Waals surface area contributed by atoms with Crippen LogP contribution >= 0.6 is 0 Å². The van der Waals surface area contributed by atoms with E-state index in [1.54, 1.807) is 0 Å². The van der Waals surface area contributed by atoms with E-state index in [0.717, 1.165) is 31.2 Å². The first kappa shape index (κ1) is 11.0. The van der Waals surface area contributed by atoms with E-state index in [1.165, 1.54) is 12.8 Å². The molecule has 0 saturated heterocycles. The van der Waals surface area contributed by atoms with E-state index in [1.807, 2.05) is 24.3 Å². The van der Waals surface area contributed by atoms with Crippen LogP contribution in [0.4, 0.5) is 5.69 Å². The van der Waals surface area contributed by atoms with Crippen molar-refractivity contribution in [1.82, 2.24) is 5.32 Å². The Balaban J connectivity index is 1.62. The fraction of sp³-hybridized carbons (Fsp3) is 0.462.